The number of halogens is 1. The Morgan fingerprint density at radius 1 is 1.05 bits per heavy atom. The molecule has 0 radical (unpaired) electrons. The number of aryl methyl sites for hydroxylation is 1. The van der Waals surface area contributed by atoms with Gasteiger partial charge in [0.05, 0.1) is 59.5 Å². The number of allylic oxidation sites excluding steroid dienone is 2. The summed E-state index contributed by atoms with van der Waals surface area (Å²) in [6.45, 7) is 3.53. The van der Waals surface area contributed by atoms with E-state index >= 15 is 0 Å². The van der Waals surface area contributed by atoms with Crippen LogP contribution in [0.1, 0.15) is 24.4 Å². The summed E-state index contributed by atoms with van der Waals surface area (Å²) in [4.78, 5) is 26.5. The van der Waals surface area contributed by atoms with Gasteiger partial charge < -0.3 is 29.8 Å². The fraction of sp³-hybridized carbons (Fsp3) is 0.207. The molecule has 2 heterocycles. The van der Waals surface area contributed by atoms with Crippen molar-refractivity contribution in [2.24, 2.45) is 0 Å². The highest BCUT2D eigenvalue weighted by Crippen LogP contribution is 2.42. The molecule has 3 aromatic rings. The Bertz CT molecular complexity index is 1560. The Balaban J connectivity index is 1.62. The van der Waals surface area contributed by atoms with Crippen LogP contribution >= 0.6 is 23.4 Å². The van der Waals surface area contributed by atoms with Crippen LogP contribution in [0.3, 0.4) is 0 Å². The van der Waals surface area contributed by atoms with Gasteiger partial charge in [-0.3, -0.25) is 9.59 Å². The number of hydrogen-bond donors (Lipinski definition) is 3. The highest BCUT2D eigenvalue weighted by molar-refractivity contribution is 8.03. The number of dihydropyridines is 1. The number of nitriles is 1. The molecular weight excluding hydrogens is 552 g/mol. The molecule has 1 aliphatic heterocycles. The number of furan rings is 1. The number of nitrogens with zero attached hydrogens (tertiary/aromatic N) is 1. The Morgan fingerprint density at radius 3 is 2.45 bits per heavy atom. The number of para-hydroxylation sites is 2. The van der Waals surface area contributed by atoms with Crippen LogP contribution in [0, 0.1) is 18.3 Å². The standard InChI is InChI=1S/C29H27ClN4O5S/c1-16-9-11-24(39-16)27-19(14-31)29(40-15-25(35)33-21-13-18(30)10-12-23(21)38-4)32-17(2)26(27)28(36)34-20-7-5-6-8-22(20)37-3/h5-13,27,32H,15H2,1-4H3,(H,33,35)(H,34,36). The quantitative estimate of drug-likeness (QED) is 0.284. The van der Waals surface area contributed by atoms with Crippen LogP contribution in [-0.4, -0.2) is 31.8 Å². The predicted molar refractivity (Wildman–Crippen MR) is 155 cm³/mol. The van der Waals surface area contributed by atoms with E-state index in [1.165, 1.54) is 14.2 Å². The van der Waals surface area contributed by atoms with E-state index in [2.05, 4.69) is 22.0 Å². The number of benzene rings is 2. The molecule has 1 aromatic heterocycles. The van der Waals surface area contributed by atoms with E-state index in [-0.39, 0.29) is 17.2 Å². The maximum absolute atomic E-state index is 13.6. The second-order valence-electron chi connectivity index (χ2n) is 8.74. The molecule has 0 fully saturated rings. The van der Waals surface area contributed by atoms with E-state index in [1.54, 1.807) is 68.4 Å². The minimum absolute atomic E-state index is 0.0247. The van der Waals surface area contributed by atoms with Crippen LogP contribution in [0.5, 0.6) is 11.5 Å². The van der Waals surface area contributed by atoms with Crippen molar-refractivity contribution in [1.82, 2.24) is 5.32 Å². The highest BCUT2D eigenvalue weighted by Gasteiger charge is 2.37. The first-order valence-electron chi connectivity index (χ1n) is 12.1. The molecule has 1 atom stereocenters. The average Bonchev–Trinajstić information content (AvgIpc) is 3.37. The monoisotopic (exact) mass is 578 g/mol. The van der Waals surface area contributed by atoms with Gasteiger partial charge in [0.1, 0.15) is 23.0 Å². The fourth-order valence-electron chi connectivity index (χ4n) is 4.26. The van der Waals surface area contributed by atoms with Gasteiger partial charge in [-0.15, -0.1) is 0 Å². The smallest absolute Gasteiger partial charge is 0.254 e. The van der Waals surface area contributed by atoms with Crippen molar-refractivity contribution in [2.45, 2.75) is 19.8 Å². The molecule has 9 nitrogen and oxygen atoms in total. The summed E-state index contributed by atoms with van der Waals surface area (Å²) in [7, 11) is 3.02. The van der Waals surface area contributed by atoms with Gasteiger partial charge >= 0.3 is 0 Å². The summed E-state index contributed by atoms with van der Waals surface area (Å²) in [5.74, 6) is 0.464. The van der Waals surface area contributed by atoms with E-state index in [0.29, 0.717) is 55.7 Å². The summed E-state index contributed by atoms with van der Waals surface area (Å²) >= 11 is 7.21. The molecular formula is C29H27ClN4O5S. The fourth-order valence-corrected chi connectivity index (χ4v) is 5.32. The highest BCUT2D eigenvalue weighted by atomic mass is 35.5. The minimum Gasteiger partial charge on any atom is -0.495 e. The van der Waals surface area contributed by atoms with Crippen molar-refractivity contribution in [3.05, 3.63) is 93.0 Å². The lowest BCUT2D eigenvalue weighted by molar-refractivity contribution is -0.114. The lowest BCUT2D eigenvalue weighted by Crippen LogP contribution is -2.31. The number of nitrogens with one attached hydrogen (secondary N) is 3. The topological polar surface area (TPSA) is 126 Å². The number of anilines is 2. The third-order valence-electron chi connectivity index (χ3n) is 6.08. The van der Waals surface area contributed by atoms with Crippen molar-refractivity contribution >= 4 is 46.6 Å². The number of rotatable bonds is 9. The Kier molecular flexibility index (Phi) is 9.09. The van der Waals surface area contributed by atoms with Crippen molar-refractivity contribution in [2.75, 3.05) is 30.6 Å². The molecule has 1 aliphatic rings. The number of amides is 2. The number of carbonyl (C=O) groups excluding carboxylic acids is 2. The number of hydrogen-bond acceptors (Lipinski definition) is 8. The maximum Gasteiger partial charge on any atom is 0.254 e. The van der Waals surface area contributed by atoms with Crippen LogP contribution in [-0.2, 0) is 9.59 Å². The zero-order valence-corrected chi connectivity index (χ0v) is 23.8. The van der Waals surface area contributed by atoms with Crippen LogP contribution in [0.4, 0.5) is 11.4 Å². The largest absolute Gasteiger partial charge is 0.495 e. The molecule has 0 saturated heterocycles. The molecule has 0 aliphatic carbocycles. The Hall–Kier alpha value is -4.33. The number of ether oxygens (including phenoxy) is 2. The molecule has 3 N–H and O–H groups in total. The van der Waals surface area contributed by atoms with E-state index < -0.39 is 11.8 Å². The summed E-state index contributed by atoms with van der Waals surface area (Å²) < 4.78 is 16.6. The third-order valence-corrected chi connectivity index (χ3v) is 7.33. The first kappa shape index (κ1) is 28.7. The molecule has 4 rings (SSSR count). The number of carbonyl (C=O) groups is 2. The van der Waals surface area contributed by atoms with Crippen molar-refractivity contribution in [1.29, 1.82) is 5.26 Å². The van der Waals surface area contributed by atoms with Gasteiger partial charge in [0.2, 0.25) is 5.91 Å². The zero-order valence-electron chi connectivity index (χ0n) is 22.3. The summed E-state index contributed by atoms with van der Waals surface area (Å²) in [6, 6.07) is 17.7. The molecule has 40 heavy (non-hydrogen) atoms. The van der Waals surface area contributed by atoms with Crippen LogP contribution in [0.25, 0.3) is 0 Å². The summed E-state index contributed by atoms with van der Waals surface area (Å²) in [5.41, 5.74) is 2.00. The minimum atomic E-state index is -0.798. The SMILES string of the molecule is COc1ccc(Cl)cc1NC(=O)CSC1=C(C#N)C(c2ccc(C)o2)C(C(=O)Nc2ccccc2OC)=C(C)N1. The lowest BCUT2D eigenvalue weighted by Gasteiger charge is -2.28. The first-order chi connectivity index (χ1) is 19.2. The zero-order chi connectivity index (χ0) is 28.8. The van der Waals surface area contributed by atoms with Gasteiger partial charge in [0, 0.05) is 10.7 Å². The van der Waals surface area contributed by atoms with Crippen molar-refractivity contribution in [3.63, 3.8) is 0 Å². The van der Waals surface area contributed by atoms with Crippen LogP contribution in [0.15, 0.2) is 80.9 Å². The van der Waals surface area contributed by atoms with Gasteiger partial charge in [-0.1, -0.05) is 35.5 Å². The maximum atomic E-state index is 13.6. The molecule has 2 aromatic carbocycles. The average molecular weight is 579 g/mol. The lowest BCUT2D eigenvalue weighted by atomic mass is 9.85. The van der Waals surface area contributed by atoms with E-state index in [1.807, 2.05) is 0 Å². The molecule has 206 valence electrons. The second kappa shape index (κ2) is 12.7. The van der Waals surface area contributed by atoms with E-state index in [9.17, 15) is 14.9 Å². The molecule has 0 saturated carbocycles. The molecule has 11 heteroatoms. The van der Waals surface area contributed by atoms with Crippen LogP contribution < -0.4 is 25.4 Å². The summed E-state index contributed by atoms with van der Waals surface area (Å²) in [5, 5.41) is 20.0. The van der Waals surface area contributed by atoms with Crippen molar-refractivity contribution in [3.8, 4) is 17.6 Å². The Labute approximate surface area is 241 Å². The van der Waals surface area contributed by atoms with Gasteiger partial charge in [-0.2, -0.15) is 5.26 Å². The molecule has 2 amide bonds. The normalized spacial score (nSPS) is 14.8. The molecule has 0 bridgehead atoms. The van der Waals surface area contributed by atoms with Gasteiger partial charge in [0.25, 0.3) is 5.91 Å². The Morgan fingerprint density at radius 2 is 1.77 bits per heavy atom. The van der Waals surface area contributed by atoms with E-state index in [0.717, 1.165) is 11.8 Å². The van der Waals surface area contributed by atoms with Gasteiger partial charge in [0.15, 0.2) is 0 Å². The first-order valence-corrected chi connectivity index (χ1v) is 13.5. The molecule has 1 unspecified atom stereocenters. The van der Waals surface area contributed by atoms with Crippen molar-refractivity contribution < 1.29 is 23.5 Å². The number of methoxy groups -OCH3 is 2. The number of thioether (sulfide) groups is 1. The summed E-state index contributed by atoms with van der Waals surface area (Å²) in [6.07, 6.45) is 0. The second-order valence-corrected chi connectivity index (χ2v) is 10.2. The van der Waals surface area contributed by atoms with E-state index in [4.69, 9.17) is 25.5 Å². The molecule has 0 spiro atoms. The predicted octanol–water partition coefficient (Wildman–Crippen LogP) is 5.97. The third kappa shape index (κ3) is 6.28. The van der Waals surface area contributed by atoms with Crippen LogP contribution in [0.2, 0.25) is 5.02 Å². The van der Waals surface area contributed by atoms with Gasteiger partial charge in [-0.05, 0) is 56.3 Å². The van der Waals surface area contributed by atoms with Gasteiger partial charge in [-0.25, -0.2) is 0 Å².